The molecule has 2 atom stereocenters. The Labute approximate surface area is 153 Å². The zero-order valence-corrected chi connectivity index (χ0v) is 15.7. The Morgan fingerprint density at radius 3 is 2.58 bits per heavy atom. The molecule has 0 aliphatic carbocycles. The maximum Gasteiger partial charge on any atom is 0.254 e. The molecule has 0 saturated carbocycles. The summed E-state index contributed by atoms with van der Waals surface area (Å²) in [5.41, 5.74) is 1.25. The minimum Gasteiger partial charge on any atom is -0.396 e. The molecule has 1 N–H and O–H groups in total. The number of carbonyl (C=O) groups is 1. The molecule has 0 spiro atoms. The van der Waals surface area contributed by atoms with Crippen LogP contribution < -0.4 is 0 Å². The van der Waals surface area contributed by atoms with E-state index in [1.165, 1.54) is 0 Å². The number of amides is 1. The number of benzene rings is 1. The highest BCUT2D eigenvalue weighted by molar-refractivity contribution is 6.36. The van der Waals surface area contributed by atoms with Crippen molar-refractivity contribution in [2.24, 2.45) is 5.41 Å². The maximum atomic E-state index is 12.9. The molecule has 0 aromatic heterocycles. The van der Waals surface area contributed by atoms with E-state index in [9.17, 15) is 9.90 Å². The van der Waals surface area contributed by atoms with Gasteiger partial charge in [-0.15, -0.1) is 0 Å². The molecule has 1 aromatic rings. The van der Waals surface area contributed by atoms with Gasteiger partial charge in [0.1, 0.15) is 0 Å². The van der Waals surface area contributed by atoms with E-state index in [0.717, 1.165) is 31.4 Å². The first-order valence-electron chi connectivity index (χ1n) is 8.44. The van der Waals surface area contributed by atoms with Crippen molar-refractivity contribution >= 4 is 29.1 Å². The molecule has 0 unspecified atom stereocenters. The lowest BCUT2D eigenvalue weighted by atomic mass is 9.69. The third-order valence-electron chi connectivity index (χ3n) is 5.83. The van der Waals surface area contributed by atoms with E-state index in [1.807, 2.05) is 11.8 Å². The Bertz CT molecular complexity index is 629. The Morgan fingerprint density at radius 1 is 1.29 bits per heavy atom. The third kappa shape index (κ3) is 3.05. The number of piperidine rings is 2. The highest BCUT2D eigenvalue weighted by Gasteiger charge is 2.47. The lowest BCUT2D eigenvalue weighted by molar-refractivity contribution is -0.0601. The number of likely N-dealkylation sites (N-methyl/N-ethyl adjacent to an activating group) is 1. The van der Waals surface area contributed by atoms with E-state index < -0.39 is 0 Å². The number of halogens is 2. The Hall–Kier alpha value is -0.810. The molecular weight excluding hydrogens is 347 g/mol. The minimum absolute atomic E-state index is 0.0377. The SMILES string of the molecule is Cc1c(Cl)cc(C(=O)N2CC[C@@]3(CO)CCCN(C)[C@@H]3C2)cc1Cl. The summed E-state index contributed by atoms with van der Waals surface area (Å²) in [4.78, 5) is 17.1. The second kappa shape index (κ2) is 6.83. The van der Waals surface area contributed by atoms with E-state index in [4.69, 9.17) is 23.2 Å². The molecule has 2 aliphatic rings. The van der Waals surface area contributed by atoms with Crippen LogP contribution in [0.4, 0.5) is 0 Å². The number of carbonyl (C=O) groups excluding carboxylic acids is 1. The van der Waals surface area contributed by atoms with Gasteiger partial charge in [-0.25, -0.2) is 0 Å². The fraction of sp³-hybridized carbons (Fsp3) is 0.611. The smallest absolute Gasteiger partial charge is 0.254 e. The molecule has 4 nitrogen and oxygen atoms in total. The molecule has 24 heavy (non-hydrogen) atoms. The molecule has 2 heterocycles. The monoisotopic (exact) mass is 370 g/mol. The van der Waals surface area contributed by atoms with E-state index in [-0.39, 0.29) is 24.0 Å². The number of hydrogen-bond acceptors (Lipinski definition) is 3. The van der Waals surface area contributed by atoms with Crippen molar-refractivity contribution in [3.05, 3.63) is 33.3 Å². The number of nitrogens with zero attached hydrogens (tertiary/aromatic N) is 2. The summed E-state index contributed by atoms with van der Waals surface area (Å²) in [6, 6.07) is 3.60. The van der Waals surface area contributed by atoms with Gasteiger partial charge >= 0.3 is 0 Å². The van der Waals surface area contributed by atoms with Gasteiger partial charge in [0.15, 0.2) is 0 Å². The van der Waals surface area contributed by atoms with Crippen molar-refractivity contribution in [2.75, 3.05) is 33.3 Å². The molecule has 132 valence electrons. The van der Waals surface area contributed by atoms with Crippen molar-refractivity contribution in [3.63, 3.8) is 0 Å². The van der Waals surface area contributed by atoms with Crippen LogP contribution in [0, 0.1) is 12.3 Å². The maximum absolute atomic E-state index is 12.9. The Morgan fingerprint density at radius 2 is 1.96 bits per heavy atom. The van der Waals surface area contributed by atoms with E-state index >= 15 is 0 Å². The molecule has 6 heteroatoms. The molecule has 2 fully saturated rings. The predicted octanol–water partition coefficient (Wildman–Crippen LogP) is 3.22. The first-order valence-corrected chi connectivity index (χ1v) is 9.19. The van der Waals surface area contributed by atoms with E-state index in [0.29, 0.717) is 28.7 Å². The number of aliphatic hydroxyl groups excluding tert-OH is 1. The average Bonchev–Trinajstić information content (AvgIpc) is 2.58. The molecule has 1 amide bonds. The summed E-state index contributed by atoms with van der Waals surface area (Å²) in [7, 11) is 2.09. The van der Waals surface area contributed by atoms with Crippen molar-refractivity contribution in [2.45, 2.75) is 32.2 Å². The van der Waals surface area contributed by atoms with Crippen LogP contribution in [0.1, 0.15) is 35.2 Å². The highest BCUT2D eigenvalue weighted by Crippen LogP contribution is 2.41. The highest BCUT2D eigenvalue weighted by atomic mass is 35.5. The lowest BCUT2D eigenvalue weighted by Crippen LogP contribution is -2.62. The zero-order chi connectivity index (χ0) is 17.5. The second-order valence-corrected chi connectivity index (χ2v) is 8.00. The van der Waals surface area contributed by atoms with E-state index in [1.54, 1.807) is 12.1 Å². The van der Waals surface area contributed by atoms with Crippen molar-refractivity contribution in [3.8, 4) is 0 Å². The normalized spacial score (nSPS) is 27.9. The topological polar surface area (TPSA) is 43.8 Å². The van der Waals surface area contributed by atoms with Crippen molar-refractivity contribution in [1.82, 2.24) is 9.80 Å². The summed E-state index contributed by atoms with van der Waals surface area (Å²) in [5, 5.41) is 11.0. The summed E-state index contributed by atoms with van der Waals surface area (Å²) in [6.45, 7) is 4.33. The van der Waals surface area contributed by atoms with Gasteiger partial charge in [0.25, 0.3) is 5.91 Å². The minimum atomic E-state index is -0.0770. The van der Waals surface area contributed by atoms with Gasteiger partial charge in [0.2, 0.25) is 0 Å². The third-order valence-corrected chi connectivity index (χ3v) is 6.61. The van der Waals surface area contributed by atoms with Crippen molar-refractivity contribution in [1.29, 1.82) is 0 Å². The van der Waals surface area contributed by atoms with Crippen molar-refractivity contribution < 1.29 is 9.90 Å². The first-order chi connectivity index (χ1) is 11.4. The van der Waals surface area contributed by atoms with Crippen LogP contribution in [-0.4, -0.2) is 60.1 Å². The molecule has 1 aromatic carbocycles. The van der Waals surface area contributed by atoms with Gasteiger partial charge < -0.3 is 14.9 Å². The average molecular weight is 371 g/mol. The molecule has 0 radical (unpaired) electrons. The predicted molar refractivity (Wildman–Crippen MR) is 96.9 cm³/mol. The quantitative estimate of drug-likeness (QED) is 0.868. The van der Waals surface area contributed by atoms with Crippen LogP contribution in [0.3, 0.4) is 0 Å². The largest absolute Gasteiger partial charge is 0.396 e. The van der Waals surface area contributed by atoms with Crippen LogP contribution in [-0.2, 0) is 0 Å². The first kappa shape index (κ1) is 18.0. The number of fused-ring (bicyclic) bond motifs is 1. The fourth-order valence-electron chi connectivity index (χ4n) is 4.15. The van der Waals surface area contributed by atoms with Gasteiger partial charge in [-0.1, -0.05) is 23.2 Å². The van der Waals surface area contributed by atoms with Gasteiger partial charge in [0, 0.05) is 40.2 Å². The molecule has 3 rings (SSSR count). The van der Waals surface area contributed by atoms with Gasteiger partial charge in [0.05, 0.1) is 6.61 Å². The molecule has 2 saturated heterocycles. The van der Waals surface area contributed by atoms with Gasteiger partial charge in [-0.05, 0) is 57.5 Å². The second-order valence-electron chi connectivity index (χ2n) is 7.19. The number of rotatable bonds is 2. The Kier molecular flexibility index (Phi) is 5.12. The summed E-state index contributed by atoms with van der Waals surface area (Å²) >= 11 is 12.4. The number of likely N-dealkylation sites (tertiary alicyclic amines) is 2. The van der Waals surface area contributed by atoms with Crippen LogP contribution in [0.2, 0.25) is 10.0 Å². The van der Waals surface area contributed by atoms with Crippen LogP contribution in [0.5, 0.6) is 0 Å². The van der Waals surface area contributed by atoms with Crippen LogP contribution >= 0.6 is 23.2 Å². The Balaban J connectivity index is 1.83. The fourth-order valence-corrected chi connectivity index (χ4v) is 4.64. The molecule has 2 aliphatic heterocycles. The zero-order valence-electron chi connectivity index (χ0n) is 14.2. The number of hydrogen-bond donors (Lipinski definition) is 1. The van der Waals surface area contributed by atoms with Crippen LogP contribution in [0.25, 0.3) is 0 Å². The number of aliphatic hydroxyl groups is 1. The van der Waals surface area contributed by atoms with Crippen LogP contribution in [0.15, 0.2) is 12.1 Å². The van der Waals surface area contributed by atoms with Gasteiger partial charge in [-0.2, -0.15) is 0 Å². The van der Waals surface area contributed by atoms with Gasteiger partial charge in [-0.3, -0.25) is 4.79 Å². The lowest BCUT2D eigenvalue weighted by Gasteiger charge is -2.53. The molecule has 0 bridgehead atoms. The standard InChI is InChI=1S/C18H24Cl2N2O2/c1-12-14(19)8-13(9-15(12)20)17(24)22-7-5-18(11-23)4-3-6-21(2)16(18)10-22/h8-9,16,23H,3-7,10-11H2,1-2H3/t16-,18-/m1/s1. The molecular formula is C18H24Cl2N2O2. The van der Waals surface area contributed by atoms with E-state index in [2.05, 4.69) is 11.9 Å². The summed E-state index contributed by atoms with van der Waals surface area (Å²) in [5.74, 6) is -0.0377. The summed E-state index contributed by atoms with van der Waals surface area (Å²) < 4.78 is 0. The summed E-state index contributed by atoms with van der Waals surface area (Å²) in [6.07, 6.45) is 2.96.